The van der Waals surface area contributed by atoms with E-state index in [0.717, 1.165) is 0 Å². The number of hydrogen-bond donors (Lipinski definition) is 1. The zero-order valence-corrected chi connectivity index (χ0v) is 10.8. The summed E-state index contributed by atoms with van der Waals surface area (Å²) in [6.07, 6.45) is -4.70. The molecule has 20 heavy (non-hydrogen) atoms. The minimum Gasteiger partial charge on any atom is -0.361 e. The summed E-state index contributed by atoms with van der Waals surface area (Å²) in [5.41, 5.74) is 3.33. The molecule has 2 rings (SSSR count). The van der Waals surface area contributed by atoms with Gasteiger partial charge in [0.2, 0.25) is 5.78 Å². The van der Waals surface area contributed by atoms with Crippen molar-refractivity contribution in [2.45, 2.75) is 12.6 Å². The first kappa shape index (κ1) is 14.4. The van der Waals surface area contributed by atoms with Crippen LogP contribution in [0.3, 0.4) is 0 Å². The van der Waals surface area contributed by atoms with E-state index in [9.17, 15) is 18.0 Å². The van der Waals surface area contributed by atoms with Crippen molar-refractivity contribution in [3.8, 4) is 0 Å². The Bertz CT molecular complexity index is 513. The van der Waals surface area contributed by atoms with Crippen LogP contribution in [0.5, 0.6) is 0 Å². The topological polar surface area (TPSA) is 44.7 Å². The number of carbonyl (C=O) groups is 1. The molecule has 4 nitrogen and oxygen atoms in total. The molecule has 1 N–H and O–H groups in total. The average Bonchev–Trinajstić information content (AvgIpc) is 2.77. The van der Waals surface area contributed by atoms with Gasteiger partial charge in [-0.2, -0.15) is 18.3 Å². The van der Waals surface area contributed by atoms with Gasteiger partial charge in [0.05, 0.1) is 11.6 Å². The van der Waals surface area contributed by atoms with E-state index in [1.165, 1.54) is 0 Å². The van der Waals surface area contributed by atoms with Gasteiger partial charge in [-0.25, -0.2) is 0 Å². The fourth-order valence-corrected chi connectivity index (χ4v) is 2.08. The van der Waals surface area contributed by atoms with Gasteiger partial charge in [-0.1, -0.05) is 18.2 Å². The van der Waals surface area contributed by atoms with Crippen molar-refractivity contribution in [3.05, 3.63) is 30.3 Å². The zero-order valence-electron chi connectivity index (χ0n) is 10.8. The Kier molecular flexibility index (Phi) is 3.96. The maximum absolute atomic E-state index is 12.5. The number of hydrazone groups is 1. The summed E-state index contributed by atoms with van der Waals surface area (Å²) in [4.78, 5) is 12.9. The van der Waals surface area contributed by atoms with Gasteiger partial charge >= 0.3 is 6.18 Å². The van der Waals surface area contributed by atoms with E-state index >= 15 is 0 Å². The zero-order chi connectivity index (χ0) is 14.8. The molecule has 1 aromatic carbocycles. The number of likely N-dealkylation sites (tertiary alicyclic amines) is 1. The monoisotopic (exact) mass is 285 g/mol. The highest BCUT2D eigenvalue weighted by Crippen LogP contribution is 2.28. The predicted molar refractivity (Wildman–Crippen MR) is 69.3 cm³/mol. The third-order valence-electron chi connectivity index (χ3n) is 3.13. The van der Waals surface area contributed by atoms with Crippen LogP contribution in [0.1, 0.15) is 6.42 Å². The molecule has 0 spiro atoms. The van der Waals surface area contributed by atoms with Gasteiger partial charge in [0.25, 0.3) is 0 Å². The van der Waals surface area contributed by atoms with E-state index in [1.54, 1.807) is 36.2 Å². The Balaban J connectivity index is 2.17. The van der Waals surface area contributed by atoms with Crippen LogP contribution in [0.4, 0.5) is 18.9 Å². The van der Waals surface area contributed by atoms with Crippen molar-refractivity contribution in [2.24, 2.45) is 11.0 Å². The van der Waals surface area contributed by atoms with Gasteiger partial charge in [-0.15, -0.1) is 0 Å². The lowest BCUT2D eigenvalue weighted by molar-refractivity contribution is -0.173. The van der Waals surface area contributed by atoms with Crippen LogP contribution in [0, 0.1) is 5.92 Å². The Hall–Kier alpha value is -2.05. The second kappa shape index (κ2) is 5.52. The number of anilines is 1. The standard InChI is InChI=1S/C13H14F3N3O/c1-19-8-7-10(11(20)13(14,15)16)12(19)18-17-9-5-3-2-4-6-9/h2-6,10,17H,7-8H2,1H3/t10-/m0/s1. The Morgan fingerprint density at radius 2 is 2.00 bits per heavy atom. The first-order valence-electron chi connectivity index (χ1n) is 6.10. The molecular formula is C13H14F3N3O. The minimum absolute atomic E-state index is 0.121. The van der Waals surface area contributed by atoms with Crippen molar-refractivity contribution in [1.29, 1.82) is 0 Å². The molecule has 108 valence electrons. The summed E-state index contributed by atoms with van der Waals surface area (Å²) < 4.78 is 37.6. The van der Waals surface area contributed by atoms with Crippen molar-refractivity contribution >= 4 is 17.3 Å². The number of carbonyl (C=O) groups excluding carboxylic acids is 1. The highest BCUT2D eigenvalue weighted by atomic mass is 19.4. The quantitative estimate of drug-likeness (QED) is 0.868. The Morgan fingerprint density at radius 3 is 2.60 bits per heavy atom. The summed E-state index contributed by atoms with van der Waals surface area (Å²) in [6, 6.07) is 8.84. The second-order valence-corrected chi connectivity index (χ2v) is 4.57. The van der Waals surface area contributed by atoms with Crippen LogP contribution < -0.4 is 5.43 Å². The number of amidine groups is 1. The first-order valence-corrected chi connectivity index (χ1v) is 6.10. The smallest absolute Gasteiger partial charge is 0.361 e. The molecule has 0 aromatic heterocycles. The van der Waals surface area contributed by atoms with E-state index in [0.29, 0.717) is 12.2 Å². The lowest BCUT2D eigenvalue weighted by Crippen LogP contribution is -2.36. The molecule has 0 unspecified atom stereocenters. The van der Waals surface area contributed by atoms with Crippen LogP contribution in [-0.2, 0) is 4.79 Å². The highest BCUT2D eigenvalue weighted by molar-refractivity contribution is 6.07. The van der Waals surface area contributed by atoms with E-state index in [2.05, 4.69) is 10.5 Å². The fourth-order valence-electron chi connectivity index (χ4n) is 2.08. The number of rotatable bonds is 3. The van der Waals surface area contributed by atoms with Gasteiger partial charge in [0.1, 0.15) is 5.84 Å². The molecule has 1 aliphatic heterocycles. The summed E-state index contributed by atoms with van der Waals surface area (Å²) in [5.74, 6) is -2.84. The van der Waals surface area contributed by atoms with Gasteiger partial charge in [-0.05, 0) is 18.6 Å². The molecule has 0 bridgehead atoms. The number of nitrogens with zero attached hydrogens (tertiary/aromatic N) is 2. The van der Waals surface area contributed by atoms with Crippen molar-refractivity contribution in [3.63, 3.8) is 0 Å². The molecule has 7 heteroatoms. The van der Waals surface area contributed by atoms with Crippen LogP contribution in [0.15, 0.2) is 35.4 Å². The summed E-state index contributed by atoms with van der Waals surface area (Å²) >= 11 is 0. The lowest BCUT2D eigenvalue weighted by Gasteiger charge is -2.16. The van der Waals surface area contributed by atoms with Gasteiger partial charge in [-0.3, -0.25) is 10.2 Å². The molecule has 1 aromatic rings. The first-order chi connectivity index (χ1) is 9.39. The predicted octanol–water partition coefficient (Wildman–Crippen LogP) is 2.50. The van der Waals surface area contributed by atoms with Crippen LogP contribution in [0.25, 0.3) is 0 Å². The number of Topliss-reactive ketones (excluding diaryl/α,β-unsaturated/α-hetero) is 1. The lowest BCUT2D eigenvalue weighted by atomic mass is 10.0. The SMILES string of the molecule is CN1CC[C@@H](C(=O)C(F)(F)F)C1=NNc1ccccc1. The highest BCUT2D eigenvalue weighted by Gasteiger charge is 2.47. The minimum atomic E-state index is -4.83. The molecule has 0 saturated carbocycles. The summed E-state index contributed by atoms with van der Waals surface area (Å²) in [5, 5.41) is 3.96. The number of hydrogen-bond acceptors (Lipinski definition) is 3. The third kappa shape index (κ3) is 3.09. The maximum atomic E-state index is 12.5. The number of para-hydroxylation sites is 1. The van der Waals surface area contributed by atoms with Crippen molar-refractivity contribution in [2.75, 3.05) is 19.0 Å². The average molecular weight is 285 g/mol. The number of nitrogens with one attached hydrogen (secondary N) is 1. The molecule has 1 fully saturated rings. The molecule has 1 saturated heterocycles. The van der Waals surface area contributed by atoms with E-state index < -0.39 is 17.9 Å². The van der Waals surface area contributed by atoms with E-state index in [1.807, 2.05) is 6.07 Å². The van der Waals surface area contributed by atoms with E-state index in [-0.39, 0.29) is 12.3 Å². The van der Waals surface area contributed by atoms with Gasteiger partial charge < -0.3 is 4.90 Å². The Morgan fingerprint density at radius 1 is 1.35 bits per heavy atom. The molecule has 1 atom stereocenters. The van der Waals surface area contributed by atoms with Crippen molar-refractivity contribution < 1.29 is 18.0 Å². The fraction of sp³-hybridized carbons (Fsp3) is 0.385. The largest absolute Gasteiger partial charge is 0.450 e. The van der Waals surface area contributed by atoms with Crippen LogP contribution in [0.2, 0.25) is 0 Å². The van der Waals surface area contributed by atoms with E-state index in [4.69, 9.17) is 0 Å². The molecule has 1 aliphatic rings. The number of ketones is 1. The molecule has 0 aliphatic carbocycles. The number of alkyl halides is 3. The molecule has 1 heterocycles. The second-order valence-electron chi connectivity index (χ2n) is 4.57. The number of halogens is 3. The molecule has 0 radical (unpaired) electrons. The molecule has 0 amide bonds. The van der Waals surface area contributed by atoms with Gasteiger partial charge in [0.15, 0.2) is 0 Å². The summed E-state index contributed by atoms with van der Waals surface area (Å²) in [6.45, 7) is 0.377. The Labute approximate surface area is 114 Å². The normalized spacial score (nSPS) is 21.3. The van der Waals surface area contributed by atoms with Crippen LogP contribution in [-0.4, -0.2) is 36.3 Å². The summed E-state index contributed by atoms with van der Waals surface area (Å²) in [7, 11) is 1.62. The number of benzene rings is 1. The van der Waals surface area contributed by atoms with Gasteiger partial charge in [0, 0.05) is 13.6 Å². The molecular weight excluding hydrogens is 271 g/mol. The van der Waals surface area contributed by atoms with Crippen molar-refractivity contribution in [1.82, 2.24) is 4.90 Å². The maximum Gasteiger partial charge on any atom is 0.450 e. The van der Waals surface area contributed by atoms with Crippen LogP contribution >= 0.6 is 0 Å². The third-order valence-corrected chi connectivity index (χ3v) is 3.13.